The third-order valence-corrected chi connectivity index (χ3v) is 4.69. The van der Waals surface area contributed by atoms with Crippen molar-refractivity contribution in [2.45, 2.75) is 20.8 Å². The molecule has 1 heterocycles. The van der Waals surface area contributed by atoms with Crippen LogP contribution in [0.4, 0.5) is 10.1 Å². The van der Waals surface area contributed by atoms with Crippen molar-refractivity contribution in [2.24, 2.45) is 0 Å². The van der Waals surface area contributed by atoms with Gasteiger partial charge in [0.1, 0.15) is 5.82 Å². The number of anilines is 1. The molecule has 0 aliphatic heterocycles. The maximum Gasteiger partial charge on any atom is 0.256 e. The lowest BCUT2D eigenvalue weighted by molar-refractivity contribution is -0.116. The number of carbonyl (C=O) groups excluding carboxylic acids is 2. The summed E-state index contributed by atoms with van der Waals surface area (Å²) in [6.07, 6.45) is 0. The minimum atomic E-state index is -0.565. The second-order valence-electron chi connectivity index (χ2n) is 6.94. The summed E-state index contributed by atoms with van der Waals surface area (Å²) < 4.78 is 14.2. The first-order valence-electron chi connectivity index (χ1n) is 8.70. The van der Waals surface area contributed by atoms with Gasteiger partial charge in [-0.2, -0.15) is 0 Å². The Hall–Kier alpha value is -3.00. The number of aromatic nitrogens is 2. The molecule has 0 aliphatic rings. The van der Waals surface area contributed by atoms with E-state index in [-0.39, 0.29) is 18.0 Å². The molecule has 0 aliphatic carbocycles. The second kappa shape index (κ2) is 7.55. The first-order valence-corrected chi connectivity index (χ1v) is 9.11. The van der Waals surface area contributed by atoms with Crippen molar-refractivity contribution in [2.75, 3.05) is 18.9 Å². The molecule has 0 atom stereocenters. The zero-order valence-corrected chi connectivity index (χ0v) is 16.9. The summed E-state index contributed by atoms with van der Waals surface area (Å²) in [5.41, 5.74) is 4.67. The van der Waals surface area contributed by atoms with Crippen LogP contribution in [0.1, 0.15) is 27.0 Å². The minimum Gasteiger partial charge on any atom is -0.332 e. The molecule has 3 aromatic rings. The summed E-state index contributed by atoms with van der Waals surface area (Å²) >= 11 is 5.02. The standard InChI is InChI=1S/C20H21FN4O2S/c1-10-5-11(2)17(12(3)6-10)23-16(26)9-25(4)19(27)14-7-13(21)8-15-18(14)24-20(28)22-15/h5-8H,9H2,1-4H3,(H,23,26)(H2,22,24,28). The van der Waals surface area contributed by atoms with E-state index in [1.165, 1.54) is 18.0 Å². The van der Waals surface area contributed by atoms with Crippen LogP contribution in [0.5, 0.6) is 0 Å². The van der Waals surface area contributed by atoms with E-state index in [4.69, 9.17) is 12.2 Å². The van der Waals surface area contributed by atoms with Gasteiger partial charge in [-0.3, -0.25) is 9.59 Å². The van der Waals surface area contributed by atoms with Gasteiger partial charge in [0.05, 0.1) is 23.1 Å². The van der Waals surface area contributed by atoms with Gasteiger partial charge in [0, 0.05) is 12.7 Å². The lowest BCUT2D eigenvalue weighted by atomic mass is 10.1. The number of hydrogen-bond donors (Lipinski definition) is 3. The highest BCUT2D eigenvalue weighted by Crippen LogP contribution is 2.22. The topological polar surface area (TPSA) is 81.0 Å². The van der Waals surface area contributed by atoms with Crippen molar-refractivity contribution in [3.8, 4) is 0 Å². The average Bonchev–Trinajstić information content (AvgIpc) is 2.96. The number of benzene rings is 2. The monoisotopic (exact) mass is 400 g/mol. The zero-order chi connectivity index (χ0) is 20.6. The predicted octanol–water partition coefficient (Wildman–Crippen LogP) is 4.00. The number of nitrogens with zero attached hydrogens (tertiary/aromatic N) is 1. The van der Waals surface area contributed by atoms with Crippen LogP contribution >= 0.6 is 12.2 Å². The van der Waals surface area contributed by atoms with Crippen molar-refractivity contribution in [3.63, 3.8) is 0 Å². The maximum atomic E-state index is 13.9. The summed E-state index contributed by atoms with van der Waals surface area (Å²) in [7, 11) is 1.49. The van der Waals surface area contributed by atoms with Crippen LogP contribution in [0, 0.1) is 31.4 Å². The van der Waals surface area contributed by atoms with Crippen molar-refractivity contribution < 1.29 is 14.0 Å². The lowest BCUT2D eigenvalue weighted by Crippen LogP contribution is -2.35. The van der Waals surface area contributed by atoms with E-state index < -0.39 is 11.7 Å². The van der Waals surface area contributed by atoms with Gasteiger partial charge in [-0.15, -0.1) is 0 Å². The number of amides is 2. The van der Waals surface area contributed by atoms with Crippen molar-refractivity contribution in [3.05, 3.63) is 57.1 Å². The van der Waals surface area contributed by atoms with Crippen LogP contribution in [-0.4, -0.2) is 40.3 Å². The van der Waals surface area contributed by atoms with Crippen LogP contribution < -0.4 is 5.32 Å². The number of H-pyrrole nitrogens is 2. The quantitative estimate of drug-likeness (QED) is 0.579. The lowest BCUT2D eigenvalue weighted by Gasteiger charge is -2.19. The normalized spacial score (nSPS) is 10.9. The number of likely N-dealkylation sites (N-methyl/N-ethyl adjacent to an activating group) is 1. The van der Waals surface area contributed by atoms with Crippen LogP contribution in [-0.2, 0) is 4.79 Å². The molecule has 1 aromatic heterocycles. The number of hydrogen-bond acceptors (Lipinski definition) is 3. The van der Waals surface area contributed by atoms with Crippen molar-refractivity contribution in [1.82, 2.24) is 14.9 Å². The van der Waals surface area contributed by atoms with E-state index >= 15 is 0 Å². The van der Waals surface area contributed by atoms with Gasteiger partial charge in [0.25, 0.3) is 5.91 Å². The van der Waals surface area contributed by atoms with E-state index in [1.807, 2.05) is 32.9 Å². The molecular formula is C20H21FN4O2S. The Labute approximate surface area is 166 Å². The Morgan fingerprint density at radius 2 is 1.75 bits per heavy atom. The summed E-state index contributed by atoms with van der Waals surface area (Å²) in [6.45, 7) is 5.66. The van der Waals surface area contributed by atoms with E-state index in [0.717, 1.165) is 28.4 Å². The zero-order valence-electron chi connectivity index (χ0n) is 16.1. The second-order valence-corrected chi connectivity index (χ2v) is 7.35. The molecule has 0 spiro atoms. The first kappa shape index (κ1) is 19.8. The number of carbonyl (C=O) groups is 2. The smallest absolute Gasteiger partial charge is 0.256 e. The summed E-state index contributed by atoms with van der Waals surface area (Å²) in [5.74, 6) is -1.38. The Balaban J connectivity index is 1.80. The molecule has 28 heavy (non-hydrogen) atoms. The van der Waals surface area contributed by atoms with Gasteiger partial charge in [-0.25, -0.2) is 4.39 Å². The molecule has 3 N–H and O–H groups in total. The Morgan fingerprint density at radius 3 is 2.39 bits per heavy atom. The van der Waals surface area contributed by atoms with Gasteiger partial charge in [-0.1, -0.05) is 17.7 Å². The number of nitrogens with one attached hydrogen (secondary N) is 3. The fraction of sp³-hybridized carbons (Fsp3) is 0.250. The van der Waals surface area contributed by atoms with Crippen LogP contribution in [0.3, 0.4) is 0 Å². The highest BCUT2D eigenvalue weighted by molar-refractivity contribution is 7.71. The number of imidazole rings is 1. The fourth-order valence-corrected chi connectivity index (χ4v) is 3.54. The van der Waals surface area contributed by atoms with Crippen LogP contribution in [0.2, 0.25) is 0 Å². The molecule has 6 nitrogen and oxygen atoms in total. The summed E-state index contributed by atoms with van der Waals surface area (Å²) in [5, 5.41) is 2.86. The number of aromatic amines is 2. The highest BCUT2D eigenvalue weighted by atomic mass is 32.1. The van der Waals surface area contributed by atoms with E-state index in [0.29, 0.717) is 15.8 Å². The first-order chi connectivity index (χ1) is 13.2. The Bertz CT molecular complexity index is 1130. The van der Waals surface area contributed by atoms with Gasteiger partial charge in [0.2, 0.25) is 5.91 Å². The Kier molecular flexibility index (Phi) is 5.33. The SMILES string of the molecule is Cc1cc(C)c(NC(=O)CN(C)C(=O)c2cc(F)cc3[nH]c(=S)[nH]c23)c(C)c1. The van der Waals surface area contributed by atoms with E-state index in [2.05, 4.69) is 15.3 Å². The number of fused-ring (bicyclic) bond motifs is 1. The molecule has 0 bridgehead atoms. The van der Waals surface area contributed by atoms with Crippen LogP contribution in [0.25, 0.3) is 11.0 Å². The van der Waals surface area contributed by atoms with Gasteiger partial charge >= 0.3 is 0 Å². The van der Waals surface area contributed by atoms with Gasteiger partial charge in [0.15, 0.2) is 4.77 Å². The average molecular weight is 400 g/mol. The third-order valence-electron chi connectivity index (χ3n) is 4.49. The molecule has 0 unspecified atom stereocenters. The highest BCUT2D eigenvalue weighted by Gasteiger charge is 2.20. The van der Waals surface area contributed by atoms with Crippen LogP contribution in [0.15, 0.2) is 24.3 Å². The molecule has 8 heteroatoms. The largest absolute Gasteiger partial charge is 0.332 e. The molecule has 3 rings (SSSR count). The predicted molar refractivity (Wildman–Crippen MR) is 110 cm³/mol. The molecule has 0 saturated heterocycles. The van der Waals surface area contributed by atoms with Crippen molar-refractivity contribution >= 4 is 40.8 Å². The number of aryl methyl sites for hydroxylation is 3. The third kappa shape index (κ3) is 3.96. The molecule has 2 amide bonds. The molecule has 0 fully saturated rings. The van der Waals surface area contributed by atoms with Gasteiger partial charge < -0.3 is 20.2 Å². The number of halogens is 1. The summed E-state index contributed by atoms with van der Waals surface area (Å²) in [4.78, 5) is 32.2. The molecule has 146 valence electrons. The molecule has 0 radical (unpaired) electrons. The number of rotatable bonds is 4. The summed E-state index contributed by atoms with van der Waals surface area (Å²) in [6, 6.07) is 6.35. The molecule has 0 saturated carbocycles. The molecular weight excluding hydrogens is 379 g/mol. The fourth-order valence-electron chi connectivity index (χ4n) is 3.32. The maximum absolute atomic E-state index is 13.9. The van der Waals surface area contributed by atoms with Gasteiger partial charge in [-0.05, 0) is 56.2 Å². The molecule has 2 aromatic carbocycles. The van der Waals surface area contributed by atoms with Crippen molar-refractivity contribution in [1.29, 1.82) is 0 Å². The Morgan fingerprint density at radius 1 is 1.11 bits per heavy atom. The minimum absolute atomic E-state index is 0.111. The van der Waals surface area contributed by atoms with E-state index in [9.17, 15) is 14.0 Å². The van der Waals surface area contributed by atoms with E-state index in [1.54, 1.807) is 0 Å².